The molecule has 128 valence electrons. The van der Waals surface area contributed by atoms with Crippen LogP contribution in [0.2, 0.25) is 0 Å². The number of carbonyl (C=O) groups is 1. The van der Waals surface area contributed by atoms with Gasteiger partial charge in [0, 0.05) is 25.5 Å². The second kappa shape index (κ2) is 7.21. The van der Waals surface area contributed by atoms with Gasteiger partial charge in [-0.15, -0.1) is 5.10 Å². The van der Waals surface area contributed by atoms with Gasteiger partial charge in [-0.25, -0.2) is 4.98 Å². The normalized spacial score (nSPS) is 18.1. The first-order valence-corrected chi connectivity index (χ1v) is 9.00. The van der Waals surface area contributed by atoms with Crippen molar-refractivity contribution < 1.29 is 4.79 Å². The maximum absolute atomic E-state index is 12.9. The number of amides is 1. The van der Waals surface area contributed by atoms with Crippen molar-refractivity contribution in [1.82, 2.24) is 24.5 Å². The SMILES string of the molecule is CC(C)c1nnsc1C(=O)N1CCC[C@H](Cc2nccnc2N)C1. The van der Waals surface area contributed by atoms with Crippen LogP contribution in [-0.2, 0) is 6.42 Å². The van der Waals surface area contributed by atoms with Crippen LogP contribution < -0.4 is 5.73 Å². The third-order valence-corrected chi connectivity index (χ3v) is 5.08. The third-order valence-electron chi connectivity index (χ3n) is 4.35. The molecule has 1 saturated heterocycles. The number of carbonyl (C=O) groups excluding carboxylic acids is 1. The molecule has 2 aromatic rings. The topological polar surface area (TPSA) is 97.9 Å². The summed E-state index contributed by atoms with van der Waals surface area (Å²) >= 11 is 1.19. The smallest absolute Gasteiger partial charge is 0.267 e. The summed E-state index contributed by atoms with van der Waals surface area (Å²) in [6.07, 6.45) is 6.06. The number of nitrogen functional groups attached to an aromatic ring is 1. The van der Waals surface area contributed by atoms with Gasteiger partial charge in [0.05, 0.1) is 11.4 Å². The Labute approximate surface area is 145 Å². The van der Waals surface area contributed by atoms with Crippen LogP contribution >= 0.6 is 11.5 Å². The highest BCUT2D eigenvalue weighted by atomic mass is 32.1. The van der Waals surface area contributed by atoms with Gasteiger partial charge in [0.15, 0.2) is 0 Å². The van der Waals surface area contributed by atoms with Crippen LogP contribution in [0.25, 0.3) is 0 Å². The lowest BCUT2D eigenvalue weighted by molar-refractivity contribution is 0.0676. The first-order chi connectivity index (χ1) is 11.6. The van der Waals surface area contributed by atoms with Crippen molar-refractivity contribution in [3.63, 3.8) is 0 Å². The minimum atomic E-state index is 0.0468. The van der Waals surface area contributed by atoms with Gasteiger partial charge < -0.3 is 10.6 Å². The maximum Gasteiger partial charge on any atom is 0.267 e. The van der Waals surface area contributed by atoms with Gasteiger partial charge in [-0.2, -0.15) is 0 Å². The quantitative estimate of drug-likeness (QED) is 0.910. The molecule has 3 rings (SSSR count). The molecule has 0 bridgehead atoms. The van der Waals surface area contributed by atoms with Crippen molar-refractivity contribution in [2.24, 2.45) is 5.92 Å². The Hall–Kier alpha value is -2.09. The summed E-state index contributed by atoms with van der Waals surface area (Å²) < 4.78 is 3.97. The number of likely N-dealkylation sites (tertiary alicyclic amines) is 1. The zero-order chi connectivity index (χ0) is 17.1. The largest absolute Gasteiger partial charge is 0.382 e. The zero-order valence-electron chi connectivity index (χ0n) is 14.0. The first kappa shape index (κ1) is 16.8. The molecule has 24 heavy (non-hydrogen) atoms. The molecule has 1 aliphatic rings. The summed E-state index contributed by atoms with van der Waals surface area (Å²) in [6.45, 7) is 5.55. The van der Waals surface area contributed by atoms with E-state index in [1.807, 2.05) is 18.7 Å². The van der Waals surface area contributed by atoms with Crippen LogP contribution in [0.4, 0.5) is 5.82 Å². The number of nitrogens with zero attached hydrogens (tertiary/aromatic N) is 5. The molecule has 0 radical (unpaired) electrons. The number of piperidine rings is 1. The number of rotatable bonds is 4. The van der Waals surface area contributed by atoms with E-state index >= 15 is 0 Å². The van der Waals surface area contributed by atoms with Crippen molar-refractivity contribution in [2.75, 3.05) is 18.8 Å². The maximum atomic E-state index is 12.9. The molecule has 0 unspecified atom stereocenters. The molecular weight excluding hydrogens is 324 g/mol. The van der Waals surface area contributed by atoms with Crippen LogP contribution in [0, 0.1) is 5.92 Å². The standard InChI is InChI=1S/C16H22N6OS/c1-10(2)13-14(24-21-20-13)16(23)22-7-3-4-11(9-22)8-12-15(17)19-6-5-18-12/h5-6,10-11H,3-4,7-9H2,1-2H3,(H2,17,19)/t11-/m1/s1. The van der Waals surface area contributed by atoms with E-state index in [1.54, 1.807) is 12.4 Å². The molecule has 1 amide bonds. The predicted molar refractivity (Wildman–Crippen MR) is 92.8 cm³/mol. The Kier molecular flexibility index (Phi) is 5.03. The van der Waals surface area contributed by atoms with Crippen molar-refractivity contribution in [3.8, 4) is 0 Å². The molecule has 0 aliphatic carbocycles. The molecule has 1 atom stereocenters. The third kappa shape index (κ3) is 3.53. The Morgan fingerprint density at radius 3 is 2.96 bits per heavy atom. The molecular formula is C16H22N6OS. The minimum Gasteiger partial charge on any atom is -0.382 e. The number of hydrogen-bond acceptors (Lipinski definition) is 7. The Balaban J connectivity index is 1.70. The summed E-state index contributed by atoms with van der Waals surface area (Å²) in [5.41, 5.74) is 7.51. The summed E-state index contributed by atoms with van der Waals surface area (Å²) in [7, 11) is 0. The van der Waals surface area contributed by atoms with Gasteiger partial charge in [0.1, 0.15) is 10.7 Å². The lowest BCUT2D eigenvalue weighted by atomic mass is 9.93. The highest BCUT2D eigenvalue weighted by molar-refractivity contribution is 7.08. The lowest BCUT2D eigenvalue weighted by Crippen LogP contribution is -2.40. The Morgan fingerprint density at radius 2 is 2.21 bits per heavy atom. The number of anilines is 1. The van der Waals surface area contributed by atoms with Crippen molar-refractivity contribution >= 4 is 23.3 Å². The van der Waals surface area contributed by atoms with Gasteiger partial charge in [0.25, 0.3) is 5.91 Å². The fourth-order valence-electron chi connectivity index (χ4n) is 3.09. The van der Waals surface area contributed by atoms with E-state index < -0.39 is 0 Å². The summed E-state index contributed by atoms with van der Waals surface area (Å²) in [5.74, 6) is 1.08. The van der Waals surface area contributed by atoms with E-state index in [0.29, 0.717) is 23.2 Å². The van der Waals surface area contributed by atoms with Gasteiger partial charge in [-0.3, -0.25) is 9.78 Å². The van der Waals surface area contributed by atoms with E-state index in [2.05, 4.69) is 19.6 Å². The van der Waals surface area contributed by atoms with Crippen LogP contribution in [0.5, 0.6) is 0 Å². The number of nitrogens with two attached hydrogens (primary N) is 1. The Morgan fingerprint density at radius 1 is 1.42 bits per heavy atom. The highest BCUT2D eigenvalue weighted by Gasteiger charge is 2.29. The molecule has 0 spiro atoms. The van der Waals surface area contributed by atoms with Gasteiger partial charge in [-0.1, -0.05) is 18.3 Å². The Bertz CT molecular complexity index is 716. The van der Waals surface area contributed by atoms with E-state index in [-0.39, 0.29) is 11.8 Å². The molecule has 0 aromatic carbocycles. The second-order valence-electron chi connectivity index (χ2n) is 6.49. The molecule has 0 saturated carbocycles. The van der Waals surface area contributed by atoms with E-state index in [4.69, 9.17) is 5.73 Å². The summed E-state index contributed by atoms with van der Waals surface area (Å²) in [4.78, 5) is 23.9. The molecule has 8 heteroatoms. The van der Waals surface area contributed by atoms with Gasteiger partial charge >= 0.3 is 0 Å². The van der Waals surface area contributed by atoms with Crippen LogP contribution in [0.15, 0.2) is 12.4 Å². The van der Waals surface area contributed by atoms with Gasteiger partial charge in [-0.05, 0) is 42.6 Å². The first-order valence-electron chi connectivity index (χ1n) is 8.23. The zero-order valence-corrected chi connectivity index (χ0v) is 14.8. The second-order valence-corrected chi connectivity index (χ2v) is 7.25. The molecule has 1 fully saturated rings. The highest BCUT2D eigenvalue weighted by Crippen LogP contribution is 2.26. The van der Waals surface area contributed by atoms with Crippen molar-refractivity contribution in [2.45, 2.75) is 39.0 Å². The molecule has 1 aliphatic heterocycles. The molecule has 3 heterocycles. The minimum absolute atomic E-state index is 0.0468. The van der Waals surface area contributed by atoms with Crippen LogP contribution in [0.1, 0.15) is 53.7 Å². The summed E-state index contributed by atoms with van der Waals surface area (Å²) in [6, 6.07) is 0. The lowest BCUT2D eigenvalue weighted by Gasteiger charge is -2.32. The average molecular weight is 346 g/mol. The number of aromatic nitrogens is 4. The van der Waals surface area contributed by atoms with Crippen molar-refractivity contribution in [1.29, 1.82) is 0 Å². The molecule has 2 aromatic heterocycles. The van der Waals surface area contributed by atoms with Crippen molar-refractivity contribution in [3.05, 3.63) is 28.7 Å². The fourth-order valence-corrected chi connectivity index (χ4v) is 3.88. The predicted octanol–water partition coefficient (Wildman–Crippen LogP) is 2.13. The molecule has 2 N–H and O–H groups in total. The number of hydrogen-bond donors (Lipinski definition) is 1. The van der Waals surface area contributed by atoms with Gasteiger partial charge in [0.2, 0.25) is 0 Å². The van der Waals surface area contributed by atoms with Crippen LogP contribution in [0.3, 0.4) is 0 Å². The monoisotopic (exact) mass is 346 g/mol. The van der Waals surface area contributed by atoms with Crippen LogP contribution in [-0.4, -0.2) is 43.5 Å². The average Bonchev–Trinajstić information content (AvgIpc) is 3.06. The summed E-state index contributed by atoms with van der Waals surface area (Å²) in [5, 5.41) is 4.12. The van der Waals surface area contributed by atoms with E-state index in [1.165, 1.54) is 11.5 Å². The fraction of sp³-hybridized carbons (Fsp3) is 0.562. The van der Waals surface area contributed by atoms with E-state index in [9.17, 15) is 4.79 Å². The van der Waals surface area contributed by atoms with E-state index in [0.717, 1.165) is 37.2 Å². The molecule has 7 nitrogen and oxygen atoms in total.